The average molecular weight is 433 g/mol. The number of para-hydroxylation sites is 1. The van der Waals surface area contributed by atoms with E-state index in [1.807, 2.05) is 5.32 Å². The van der Waals surface area contributed by atoms with Gasteiger partial charge in [0, 0.05) is 0 Å². The monoisotopic (exact) mass is 433 g/mol. The lowest BCUT2D eigenvalue weighted by Crippen LogP contribution is -2.51. The van der Waals surface area contributed by atoms with Gasteiger partial charge in [0.1, 0.15) is 16.6 Å². The maximum atomic E-state index is 12.7. The molecular formula is C20H11N5O5S. The minimum absolute atomic E-state index is 0.0169. The van der Waals surface area contributed by atoms with Gasteiger partial charge in [0.2, 0.25) is 5.78 Å². The second-order valence-electron chi connectivity index (χ2n) is 6.71. The molecule has 5 rings (SSSR count). The zero-order chi connectivity index (χ0) is 21.7. The van der Waals surface area contributed by atoms with E-state index in [-0.39, 0.29) is 27.2 Å². The standard InChI is InChI=1S/C20H11N5O5S/c26-15-13(20-22-9-5-1-2-7-11(9)31-20)14(18(29)23-19(15)30)21-10-6-3-4-8-12(10)17(28)25-24-16(8)27/h1-7,13H,(H,24,27)(H,25,28)(H,23,29,30)/t13-/m0/s1. The Kier molecular flexibility index (Phi) is 4.19. The van der Waals surface area contributed by atoms with Crippen molar-refractivity contribution in [2.45, 2.75) is 5.92 Å². The van der Waals surface area contributed by atoms with Crippen LogP contribution in [0.25, 0.3) is 21.0 Å². The number of carbonyl (C=O) groups excluding carboxylic acids is 3. The zero-order valence-corrected chi connectivity index (χ0v) is 16.3. The molecule has 0 unspecified atom stereocenters. The highest BCUT2D eigenvalue weighted by molar-refractivity contribution is 7.19. The first-order valence-corrected chi connectivity index (χ1v) is 9.83. The number of thiazole rings is 1. The van der Waals surface area contributed by atoms with Crippen molar-refractivity contribution in [2.24, 2.45) is 4.99 Å². The lowest BCUT2D eigenvalue weighted by atomic mass is 9.93. The Morgan fingerprint density at radius 3 is 2.45 bits per heavy atom. The SMILES string of the molecule is O=C1NC(=O)C(=Nc2cccc3c(=O)[nH][nH]c(=O)c23)[C@H](c2nc3ccccc3s2)C1=O. The first-order chi connectivity index (χ1) is 14.9. The molecule has 1 saturated heterocycles. The lowest BCUT2D eigenvalue weighted by molar-refractivity contribution is -0.141. The fourth-order valence-corrected chi connectivity index (χ4v) is 4.48. The van der Waals surface area contributed by atoms with E-state index in [2.05, 4.69) is 20.2 Å². The van der Waals surface area contributed by atoms with Crippen LogP contribution >= 0.6 is 11.3 Å². The molecule has 0 spiro atoms. The number of nitrogens with one attached hydrogen (secondary N) is 3. The normalized spacial score (nSPS) is 18.1. The van der Waals surface area contributed by atoms with E-state index in [9.17, 15) is 24.0 Å². The van der Waals surface area contributed by atoms with Gasteiger partial charge in [-0.2, -0.15) is 0 Å². The summed E-state index contributed by atoms with van der Waals surface area (Å²) in [6, 6.07) is 11.5. The van der Waals surface area contributed by atoms with Gasteiger partial charge >= 0.3 is 0 Å². The van der Waals surface area contributed by atoms with E-state index in [0.717, 1.165) is 4.70 Å². The summed E-state index contributed by atoms with van der Waals surface area (Å²) in [6.45, 7) is 0. The number of benzene rings is 2. The Hall–Kier alpha value is -4.25. The molecule has 10 nitrogen and oxygen atoms in total. The number of amides is 2. The summed E-state index contributed by atoms with van der Waals surface area (Å²) in [5.41, 5.74) is -0.816. The van der Waals surface area contributed by atoms with Crippen LogP contribution in [0.3, 0.4) is 0 Å². The molecule has 1 atom stereocenters. The molecule has 3 heterocycles. The second-order valence-corrected chi connectivity index (χ2v) is 7.77. The van der Waals surface area contributed by atoms with Crippen molar-refractivity contribution in [3.63, 3.8) is 0 Å². The molecule has 0 aliphatic carbocycles. The average Bonchev–Trinajstić information content (AvgIpc) is 3.18. The molecule has 4 aromatic rings. The van der Waals surface area contributed by atoms with Crippen LogP contribution in [-0.2, 0) is 14.4 Å². The number of ketones is 1. The van der Waals surface area contributed by atoms with Crippen LogP contribution in [0.1, 0.15) is 10.9 Å². The van der Waals surface area contributed by atoms with E-state index in [4.69, 9.17) is 0 Å². The molecule has 2 aromatic carbocycles. The van der Waals surface area contributed by atoms with Gasteiger partial charge in [-0.25, -0.2) is 9.98 Å². The quantitative estimate of drug-likeness (QED) is 0.315. The van der Waals surface area contributed by atoms with E-state index in [1.165, 1.54) is 29.5 Å². The number of rotatable bonds is 2. The summed E-state index contributed by atoms with van der Waals surface area (Å²) in [5, 5.41) is 6.67. The number of aromatic amines is 2. The molecule has 152 valence electrons. The summed E-state index contributed by atoms with van der Waals surface area (Å²) in [5.74, 6) is -4.13. The number of carbonyl (C=O) groups is 3. The highest BCUT2D eigenvalue weighted by Gasteiger charge is 2.43. The molecular weight excluding hydrogens is 422 g/mol. The van der Waals surface area contributed by atoms with Crippen LogP contribution in [0.15, 0.2) is 57.0 Å². The lowest BCUT2D eigenvalue weighted by Gasteiger charge is -2.20. The van der Waals surface area contributed by atoms with Gasteiger partial charge in [0.15, 0.2) is 0 Å². The minimum Gasteiger partial charge on any atom is -0.287 e. The topological polar surface area (TPSA) is 154 Å². The maximum Gasteiger partial charge on any atom is 0.295 e. The molecule has 11 heteroatoms. The third-order valence-corrected chi connectivity index (χ3v) is 5.92. The number of H-pyrrole nitrogens is 2. The summed E-state index contributed by atoms with van der Waals surface area (Å²) in [4.78, 5) is 70.5. The molecule has 2 amide bonds. The van der Waals surface area contributed by atoms with Crippen LogP contribution in [0.2, 0.25) is 0 Å². The van der Waals surface area contributed by atoms with Crippen molar-refractivity contribution in [3.05, 3.63) is 68.2 Å². The van der Waals surface area contributed by atoms with Crippen LogP contribution in [-0.4, -0.2) is 38.5 Å². The number of aliphatic imine (C=N–C) groups is 1. The summed E-state index contributed by atoms with van der Waals surface area (Å²) in [7, 11) is 0. The van der Waals surface area contributed by atoms with Crippen LogP contribution in [0.4, 0.5) is 5.69 Å². The van der Waals surface area contributed by atoms with Gasteiger partial charge in [-0.3, -0.25) is 39.5 Å². The predicted octanol–water partition coefficient (Wildman–Crippen LogP) is 0.908. The molecule has 1 aliphatic heterocycles. The Balaban J connectivity index is 1.76. The number of hydrogen-bond donors (Lipinski definition) is 3. The van der Waals surface area contributed by atoms with Crippen molar-refractivity contribution in [1.29, 1.82) is 0 Å². The number of imide groups is 1. The minimum atomic E-state index is -1.32. The Bertz CT molecular complexity index is 1550. The molecule has 1 fully saturated rings. The summed E-state index contributed by atoms with van der Waals surface area (Å²) in [6.07, 6.45) is 0. The highest BCUT2D eigenvalue weighted by atomic mass is 32.1. The van der Waals surface area contributed by atoms with Crippen molar-refractivity contribution in [2.75, 3.05) is 0 Å². The number of hydrogen-bond acceptors (Lipinski definition) is 8. The van der Waals surface area contributed by atoms with E-state index in [0.29, 0.717) is 5.52 Å². The van der Waals surface area contributed by atoms with Crippen molar-refractivity contribution in [1.82, 2.24) is 20.5 Å². The molecule has 0 bridgehead atoms. The smallest absolute Gasteiger partial charge is 0.287 e. The maximum absolute atomic E-state index is 12.7. The Labute approximate surface area is 175 Å². The van der Waals surface area contributed by atoms with Crippen molar-refractivity contribution < 1.29 is 14.4 Å². The van der Waals surface area contributed by atoms with Gasteiger partial charge < -0.3 is 0 Å². The number of Topliss-reactive ketones (excluding diaryl/α,β-unsaturated/α-hetero) is 1. The molecule has 3 N–H and O–H groups in total. The second kappa shape index (κ2) is 6.92. The first kappa shape index (κ1) is 18.8. The van der Waals surface area contributed by atoms with Crippen LogP contribution in [0, 0.1) is 0 Å². The van der Waals surface area contributed by atoms with Crippen LogP contribution in [0.5, 0.6) is 0 Å². The van der Waals surface area contributed by atoms with Crippen molar-refractivity contribution in [3.8, 4) is 0 Å². The summed E-state index contributed by atoms with van der Waals surface area (Å²) >= 11 is 1.17. The third kappa shape index (κ3) is 2.99. The fraction of sp³-hybridized carbons (Fsp3) is 0.0500. The molecule has 0 saturated carbocycles. The Morgan fingerprint density at radius 1 is 0.871 bits per heavy atom. The van der Waals surface area contributed by atoms with E-state index in [1.54, 1.807) is 24.3 Å². The first-order valence-electron chi connectivity index (χ1n) is 9.01. The zero-order valence-electron chi connectivity index (χ0n) is 15.5. The molecule has 1 aliphatic rings. The van der Waals surface area contributed by atoms with Gasteiger partial charge in [-0.15, -0.1) is 11.3 Å². The van der Waals surface area contributed by atoms with Gasteiger partial charge in [-0.1, -0.05) is 18.2 Å². The van der Waals surface area contributed by atoms with Gasteiger partial charge in [-0.05, 0) is 24.3 Å². The number of piperidine rings is 1. The highest BCUT2D eigenvalue weighted by Crippen LogP contribution is 2.32. The van der Waals surface area contributed by atoms with E-state index >= 15 is 0 Å². The number of aromatic nitrogens is 3. The number of nitrogens with zero attached hydrogens (tertiary/aromatic N) is 2. The number of fused-ring (bicyclic) bond motifs is 2. The molecule has 0 radical (unpaired) electrons. The third-order valence-electron chi connectivity index (χ3n) is 4.82. The summed E-state index contributed by atoms with van der Waals surface area (Å²) < 4.78 is 0.774. The van der Waals surface area contributed by atoms with Crippen molar-refractivity contribution >= 4 is 61.3 Å². The molecule has 2 aromatic heterocycles. The van der Waals surface area contributed by atoms with E-state index < -0.39 is 34.6 Å². The predicted molar refractivity (Wildman–Crippen MR) is 113 cm³/mol. The molecule has 31 heavy (non-hydrogen) atoms. The fourth-order valence-electron chi connectivity index (χ4n) is 3.41. The largest absolute Gasteiger partial charge is 0.295 e. The Morgan fingerprint density at radius 2 is 1.65 bits per heavy atom. The van der Waals surface area contributed by atoms with Crippen LogP contribution < -0.4 is 16.4 Å². The van der Waals surface area contributed by atoms with Gasteiger partial charge in [0.25, 0.3) is 22.9 Å². The van der Waals surface area contributed by atoms with Gasteiger partial charge in [0.05, 0.1) is 26.7 Å².